The van der Waals surface area contributed by atoms with Crippen molar-refractivity contribution in [1.82, 2.24) is 19.5 Å². The number of aromatic nitrogens is 3. The summed E-state index contributed by atoms with van der Waals surface area (Å²) in [6.45, 7) is 3.53. The van der Waals surface area contributed by atoms with E-state index < -0.39 is 27.5 Å². The Labute approximate surface area is 207 Å². The third-order valence-electron chi connectivity index (χ3n) is 5.03. The zero-order valence-corrected chi connectivity index (χ0v) is 20.8. The molecule has 0 aliphatic heterocycles. The molecular formula is C22H23Cl2N5O4S. The molecule has 0 aliphatic carbocycles. The number of nitrogens with zero attached hydrogens (tertiary/aromatic N) is 3. The highest BCUT2D eigenvalue weighted by atomic mass is 35.5. The van der Waals surface area contributed by atoms with Gasteiger partial charge in [-0.2, -0.15) is 5.10 Å². The number of carbonyl (C=O) groups excluding carboxylic acids is 1. The van der Waals surface area contributed by atoms with E-state index in [2.05, 4.69) is 20.1 Å². The first kappa shape index (κ1) is 25.8. The van der Waals surface area contributed by atoms with Crippen LogP contribution in [0.25, 0.3) is 0 Å². The third kappa shape index (κ3) is 6.01. The first-order chi connectivity index (χ1) is 16.1. The summed E-state index contributed by atoms with van der Waals surface area (Å²) in [5.41, 5.74) is 0.838. The summed E-state index contributed by atoms with van der Waals surface area (Å²) in [4.78, 5) is 29.5. The van der Waals surface area contributed by atoms with Gasteiger partial charge in [-0.15, -0.1) is 0 Å². The maximum Gasteiger partial charge on any atom is 0.287 e. The lowest BCUT2D eigenvalue weighted by atomic mass is 10.2. The van der Waals surface area contributed by atoms with Crippen LogP contribution >= 0.6 is 23.2 Å². The molecule has 0 spiro atoms. The lowest BCUT2D eigenvalue weighted by molar-refractivity contribution is -0.119. The number of rotatable bonds is 9. The highest BCUT2D eigenvalue weighted by Crippen LogP contribution is 2.22. The van der Waals surface area contributed by atoms with Gasteiger partial charge in [0.15, 0.2) is 0 Å². The summed E-state index contributed by atoms with van der Waals surface area (Å²) in [5, 5.41) is 6.33. The van der Waals surface area contributed by atoms with Crippen LogP contribution in [0.3, 0.4) is 0 Å². The van der Waals surface area contributed by atoms with Crippen molar-refractivity contribution in [2.75, 3.05) is 11.9 Å². The van der Waals surface area contributed by atoms with Crippen LogP contribution in [-0.4, -0.2) is 35.6 Å². The van der Waals surface area contributed by atoms with Gasteiger partial charge < -0.3 is 5.32 Å². The zero-order chi connectivity index (χ0) is 24.9. The summed E-state index contributed by atoms with van der Waals surface area (Å²) in [7, 11) is -3.84. The van der Waals surface area contributed by atoms with Gasteiger partial charge >= 0.3 is 0 Å². The van der Waals surface area contributed by atoms with Gasteiger partial charge in [-0.1, -0.05) is 42.3 Å². The van der Waals surface area contributed by atoms with Crippen molar-refractivity contribution in [2.45, 2.75) is 37.6 Å². The molecule has 0 fully saturated rings. The molecule has 0 bridgehead atoms. The average molecular weight is 524 g/mol. The predicted octanol–water partition coefficient (Wildman–Crippen LogP) is 3.36. The van der Waals surface area contributed by atoms with E-state index in [1.165, 1.54) is 12.3 Å². The largest absolute Gasteiger partial charge is 0.324 e. The van der Waals surface area contributed by atoms with E-state index in [9.17, 15) is 18.0 Å². The number of amides is 1. The van der Waals surface area contributed by atoms with Gasteiger partial charge in [-0.05, 0) is 43.2 Å². The highest BCUT2D eigenvalue weighted by Gasteiger charge is 2.24. The lowest BCUT2D eigenvalue weighted by Crippen LogP contribution is -2.35. The minimum atomic E-state index is -3.84. The normalized spacial score (nSPS) is 12.4. The molecule has 1 amide bonds. The molecular weight excluding hydrogens is 501 g/mol. The van der Waals surface area contributed by atoms with Gasteiger partial charge in [0.2, 0.25) is 15.9 Å². The molecule has 2 heterocycles. The molecule has 12 heteroatoms. The van der Waals surface area contributed by atoms with Gasteiger partial charge in [-0.3, -0.25) is 14.6 Å². The number of pyridine rings is 1. The van der Waals surface area contributed by atoms with Gasteiger partial charge in [0.1, 0.15) is 11.1 Å². The fourth-order valence-corrected chi connectivity index (χ4v) is 4.81. The van der Waals surface area contributed by atoms with Crippen LogP contribution in [0.1, 0.15) is 30.6 Å². The molecule has 3 rings (SSSR count). The Morgan fingerprint density at radius 3 is 2.65 bits per heavy atom. The molecule has 2 aromatic heterocycles. The maximum absolute atomic E-state index is 12.9. The van der Waals surface area contributed by atoms with E-state index in [0.717, 1.165) is 10.4 Å². The third-order valence-corrected chi connectivity index (χ3v) is 7.38. The number of carbonyl (C=O) groups is 1. The SMILES string of the molecule is CC[C@H](C(=O)Nc1ccc(C)c(S(=O)(=O)NCCc2ccccn2)c1)n1ncc(Cl)c(Cl)c1=O. The molecule has 34 heavy (non-hydrogen) atoms. The number of hydrogen-bond donors (Lipinski definition) is 2. The second-order valence-corrected chi connectivity index (χ2v) is 9.94. The minimum absolute atomic E-state index is 0.0119. The first-order valence-corrected chi connectivity index (χ1v) is 12.6. The molecule has 0 unspecified atom stereocenters. The summed E-state index contributed by atoms with van der Waals surface area (Å²) in [6, 6.07) is 9.00. The second kappa shape index (κ2) is 11.1. The minimum Gasteiger partial charge on any atom is -0.324 e. The fraction of sp³-hybridized carbons (Fsp3) is 0.273. The number of hydrogen-bond acceptors (Lipinski definition) is 6. The van der Waals surface area contributed by atoms with Crippen LogP contribution in [0.15, 0.2) is 58.5 Å². The van der Waals surface area contributed by atoms with Gasteiger partial charge in [0.05, 0.1) is 16.1 Å². The first-order valence-electron chi connectivity index (χ1n) is 10.4. The van der Waals surface area contributed by atoms with Crippen molar-refractivity contribution in [3.63, 3.8) is 0 Å². The van der Waals surface area contributed by atoms with E-state index in [4.69, 9.17) is 23.2 Å². The molecule has 1 aromatic carbocycles. The van der Waals surface area contributed by atoms with E-state index >= 15 is 0 Å². The smallest absolute Gasteiger partial charge is 0.287 e. The van der Waals surface area contributed by atoms with Gasteiger partial charge in [-0.25, -0.2) is 17.8 Å². The monoisotopic (exact) mass is 523 g/mol. The lowest BCUT2D eigenvalue weighted by Gasteiger charge is -2.18. The van der Waals surface area contributed by atoms with Crippen molar-refractivity contribution in [2.24, 2.45) is 0 Å². The van der Waals surface area contributed by atoms with Gasteiger partial charge in [0.25, 0.3) is 5.56 Å². The predicted molar refractivity (Wildman–Crippen MR) is 131 cm³/mol. The standard InChI is InChI=1S/C22H23Cl2N5O4S/c1-3-18(29-22(31)20(24)17(23)13-26-29)21(30)28-16-8-7-14(2)19(12-16)34(32,33)27-11-9-15-6-4-5-10-25-15/h4-8,10,12-13,18,27H,3,9,11H2,1-2H3,(H,28,30)/t18-/m1/s1. The number of sulfonamides is 1. The second-order valence-electron chi connectivity index (χ2n) is 7.42. The molecule has 0 saturated heterocycles. The Morgan fingerprint density at radius 2 is 1.97 bits per heavy atom. The molecule has 0 aliphatic rings. The molecule has 0 radical (unpaired) electrons. The van der Waals surface area contributed by atoms with E-state index in [0.29, 0.717) is 12.0 Å². The van der Waals surface area contributed by atoms with Gasteiger partial charge in [0, 0.05) is 30.5 Å². The van der Waals surface area contributed by atoms with Crippen LogP contribution in [0, 0.1) is 6.92 Å². The molecule has 2 N–H and O–H groups in total. The Morgan fingerprint density at radius 1 is 1.21 bits per heavy atom. The Kier molecular flexibility index (Phi) is 8.42. The topological polar surface area (TPSA) is 123 Å². The quantitative estimate of drug-likeness (QED) is 0.443. The molecule has 1 atom stereocenters. The van der Waals surface area contributed by atoms with Crippen LogP contribution in [-0.2, 0) is 21.2 Å². The van der Waals surface area contributed by atoms with Crippen molar-refractivity contribution in [3.05, 3.63) is 80.4 Å². The van der Waals surface area contributed by atoms with E-state index in [1.807, 2.05) is 12.1 Å². The summed E-state index contributed by atoms with van der Waals surface area (Å²) in [6.07, 6.45) is 3.50. The Balaban J connectivity index is 1.77. The van der Waals surface area contributed by atoms with Crippen molar-refractivity contribution in [1.29, 1.82) is 0 Å². The number of aryl methyl sites for hydroxylation is 1. The van der Waals surface area contributed by atoms with Crippen molar-refractivity contribution >= 4 is 44.8 Å². The number of benzene rings is 1. The summed E-state index contributed by atoms with van der Waals surface area (Å²) >= 11 is 11.7. The van der Waals surface area contributed by atoms with Crippen LogP contribution in [0.5, 0.6) is 0 Å². The van der Waals surface area contributed by atoms with Crippen molar-refractivity contribution < 1.29 is 13.2 Å². The average Bonchev–Trinajstić information content (AvgIpc) is 2.81. The van der Waals surface area contributed by atoms with E-state index in [1.54, 1.807) is 38.2 Å². The number of halogens is 2. The Hall–Kier alpha value is -2.79. The molecule has 3 aromatic rings. The zero-order valence-electron chi connectivity index (χ0n) is 18.5. The van der Waals surface area contributed by atoms with Crippen LogP contribution < -0.4 is 15.6 Å². The van der Waals surface area contributed by atoms with Crippen LogP contribution in [0.2, 0.25) is 10.0 Å². The number of nitrogens with one attached hydrogen (secondary N) is 2. The fourth-order valence-electron chi connectivity index (χ4n) is 3.25. The summed E-state index contributed by atoms with van der Waals surface area (Å²) < 4.78 is 29.3. The number of anilines is 1. The summed E-state index contributed by atoms with van der Waals surface area (Å²) in [5.74, 6) is -0.550. The van der Waals surface area contributed by atoms with Crippen LogP contribution in [0.4, 0.5) is 5.69 Å². The Bertz CT molecular complexity index is 1350. The molecule has 0 saturated carbocycles. The van der Waals surface area contributed by atoms with E-state index in [-0.39, 0.29) is 33.6 Å². The molecule has 9 nitrogen and oxygen atoms in total. The highest BCUT2D eigenvalue weighted by molar-refractivity contribution is 7.89. The van der Waals surface area contributed by atoms with Crippen molar-refractivity contribution in [3.8, 4) is 0 Å². The maximum atomic E-state index is 12.9. The molecule has 180 valence electrons.